The highest BCUT2D eigenvalue weighted by Gasteiger charge is 2.21. The summed E-state index contributed by atoms with van der Waals surface area (Å²) in [4.78, 5) is 9.37. The van der Waals surface area contributed by atoms with Crippen molar-refractivity contribution in [3.8, 4) is 0 Å². The van der Waals surface area contributed by atoms with Gasteiger partial charge >= 0.3 is 0 Å². The summed E-state index contributed by atoms with van der Waals surface area (Å²) in [5, 5.41) is 3.62. The number of aryl methyl sites for hydroxylation is 1. The number of nitrogens with one attached hydrogen (secondary N) is 1. The summed E-state index contributed by atoms with van der Waals surface area (Å²) in [5.74, 6) is 3.87. The zero-order chi connectivity index (χ0) is 14.4. The SMILES string of the molecule is CCCNC1CCCc2nc(CSCC(C)C)ncc21. The van der Waals surface area contributed by atoms with Gasteiger partial charge in [0.25, 0.3) is 0 Å². The highest BCUT2D eigenvalue weighted by Crippen LogP contribution is 2.28. The Bertz CT molecular complexity index is 420. The Morgan fingerprint density at radius 3 is 3.05 bits per heavy atom. The summed E-state index contributed by atoms with van der Waals surface area (Å²) in [7, 11) is 0. The lowest BCUT2D eigenvalue weighted by molar-refractivity contribution is 0.452. The summed E-state index contributed by atoms with van der Waals surface area (Å²) in [6.45, 7) is 7.80. The molecule has 20 heavy (non-hydrogen) atoms. The zero-order valence-corrected chi connectivity index (χ0v) is 13.8. The molecule has 0 saturated carbocycles. The fourth-order valence-electron chi connectivity index (χ4n) is 2.57. The number of fused-ring (bicyclic) bond motifs is 1. The number of rotatable bonds is 7. The standard InChI is InChI=1S/C16H27N3S/c1-4-8-17-14-6-5-7-15-13(14)9-18-16(19-15)11-20-10-12(2)3/h9,12,14,17H,4-8,10-11H2,1-3H3. The van der Waals surface area contributed by atoms with Crippen LogP contribution in [-0.2, 0) is 12.2 Å². The predicted octanol–water partition coefficient (Wildman–Crippen LogP) is 3.74. The van der Waals surface area contributed by atoms with E-state index in [1.165, 1.54) is 36.3 Å². The molecule has 1 unspecified atom stereocenters. The number of hydrogen-bond donors (Lipinski definition) is 1. The van der Waals surface area contributed by atoms with Gasteiger partial charge in [-0.25, -0.2) is 9.97 Å². The molecule has 1 aromatic rings. The number of thioether (sulfide) groups is 1. The van der Waals surface area contributed by atoms with Gasteiger partial charge in [0.05, 0.1) is 5.75 Å². The van der Waals surface area contributed by atoms with E-state index in [2.05, 4.69) is 37.3 Å². The molecule has 1 N–H and O–H groups in total. The maximum absolute atomic E-state index is 4.80. The first-order chi connectivity index (χ1) is 9.70. The smallest absolute Gasteiger partial charge is 0.138 e. The minimum atomic E-state index is 0.469. The van der Waals surface area contributed by atoms with E-state index in [4.69, 9.17) is 4.98 Å². The molecule has 0 fully saturated rings. The molecular weight excluding hydrogens is 266 g/mol. The second-order valence-corrected chi connectivity index (χ2v) is 7.03. The quantitative estimate of drug-likeness (QED) is 0.831. The maximum Gasteiger partial charge on any atom is 0.138 e. The first kappa shape index (κ1) is 15.8. The normalized spacial score (nSPS) is 18.3. The summed E-state index contributed by atoms with van der Waals surface area (Å²) in [6.07, 6.45) is 6.82. The molecular formula is C16H27N3S. The molecule has 0 amide bonds. The third-order valence-electron chi connectivity index (χ3n) is 3.55. The Kier molecular flexibility index (Phi) is 6.30. The van der Waals surface area contributed by atoms with Crippen molar-refractivity contribution in [1.82, 2.24) is 15.3 Å². The van der Waals surface area contributed by atoms with Crippen LogP contribution in [0.1, 0.15) is 63.2 Å². The largest absolute Gasteiger partial charge is 0.310 e. The molecule has 0 radical (unpaired) electrons. The van der Waals surface area contributed by atoms with Crippen LogP contribution in [0.2, 0.25) is 0 Å². The second-order valence-electron chi connectivity index (χ2n) is 6.00. The minimum absolute atomic E-state index is 0.469. The van der Waals surface area contributed by atoms with Crippen LogP contribution in [0.15, 0.2) is 6.20 Å². The topological polar surface area (TPSA) is 37.8 Å². The van der Waals surface area contributed by atoms with E-state index < -0.39 is 0 Å². The molecule has 1 aliphatic rings. The van der Waals surface area contributed by atoms with E-state index in [0.717, 1.165) is 30.5 Å². The third kappa shape index (κ3) is 4.45. The van der Waals surface area contributed by atoms with Crippen molar-refractivity contribution in [2.75, 3.05) is 12.3 Å². The predicted molar refractivity (Wildman–Crippen MR) is 87.0 cm³/mol. The molecule has 2 rings (SSSR count). The average Bonchev–Trinajstić information content (AvgIpc) is 2.44. The van der Waals surface area contributed by atoms with Gasteiger partial charge in [0.1, 0.15) is 5.82 Å². The number of nitrogens with zero attached hydrogens (tertiary/aromatic N) is 2. The van der Waals surface area contributed by atoms with Crippen LogP contribution in [-0.4, -0.2) is 22.3 Å². The van der Waals surface area contributed by atoms with Crippen molar-refractivity contribution >= 4 is 11.8 Å². The van der Waals surface area contributed by atoms with Gasteiger partial charge in [-0.3, -0.25) is 0 Å². The molecule has 0 aromatic carbocycles. The summed E-state index contributed by atoms with van der Waals surface area (Å²) in [6, 6.07) is 0.469. The molecule has 0 spiro atoms. The van der Waals surface area contributed by atoms with Crippen LogP contribution >= 0.6 is 11.8 Å². The molecule has 1 aromatic heterocycles. The Morgan fingerprint density at radius 1 is 1.45 bits per heavy atom. The fourth-order valence-corrected chi connectivity index (χ4v) is 3.49. The molecule has 3 nitrogen and oxygen atoms in total. The molecule has 0 aliphatic heterocycles. The lowest BCUT2D eigenvalue weighted by atomic mass is 9.92. The number of hydrogen-bond acceptors (Lipinski definition) is 4. The Hall–Kier alpha value is -0.610. The fraction of sp³-hybridized carbons (Fsp3) is 0.750. The molecule has 1 heterocycles. The molecule has 4 heteroatoms. The molecule has 0 bridgehead atoms. The monoisotopic (exact) mass is 293 g/mol. The van der Waals surface area contributed by atoms with Gasteiger partial charge in [-0.1, -0.05) is 20.8 Å². The van der Waals surface area contributed by atoms with E-state index >= 15 is 0 Å². The van der Waals surface area contributed by atoms with Gasteiger partial charge in [0.15, 0.2) is 0 Å². The van der Waals surface area contributed by atoms with Crippen molar-refractivity contribution in [3.05, 3.63) is 23.3 Å². The van der Waals surface area contributed by atoms with Gasteiger partial charge in [0.2, 0.25) is 0 Å². The van der Waals surface area contributed by atoms with Crippen LogP contribution in [0.5, 0.6) is 0 Å². The number of aromatic nitrogens is 2. The van der Waals surface area contributed by atoms with Crippen molar-refractivity contribution < 1.29 is 0 Å². The molecule has 1 atom stereocenters. The summed E-state index contributed by atoms with van der Waals surface area (Å²) < 4.78 is 0. The van der Waals surface area contributed by atoms with Gasteiger partial charge in [-0.05, 0) is 43.9 Å². The maximum atomic E-state index is 4.80. The van der Waals surface area contributed by atoms with Crippen LogP contribution in [0.25, 0.3) is 0 Å². The van der Waals surface area contributed by atoms with E-state index in [9.17, 15) is 0 Å². The van der Waals surface area contributed by atoms with Gasteiger partial charge in [0, 0.05) is 23.5 Å². The van der Waals surface area contributed by atoms with Crippen LogP contribution in [0.3, 0.4) is 0 Å². The van der Waals surface area contributed by atoms with Gasteiger partial charge < -0.3 is 5.32 Å². The first-order valence-electron chi connectivity index (χ1n) is 7.86. The van der Waals surface area contributed by atoms with Crippen molar-refractivity contribution in [3.63, 3.8) is 0 Å². The molecule has 1 aliphatic carbocycles. The molecule has 0 saturated heterocycles. The highest BCUT2D eigenvalue weighted by molar-refractivity contribution is 7.98. The average molecular weight is 293 g/mol. The minimum Gasteiger partial charge on any atom is -0.310 e. The highest BCUT2D eigenvalue weighted by atomic mass is 32.2. The lowest BCUT2D eigenvalue weighted by Gasteiger charge is -2.25. The third-order valence-corrected chi connectivity index (χ3v) is 4.92. The van der Waals surface area contributed by atoms with Crippen molar-refractivity contribution in [2.45, 2.75) is 58.2 Å². The Labute approximate surface area is 127 Å². The summed E-state index contributed by atoms with van der Waals surface area (Å²) >= 11 is 1.94. The Morgan fingerprint density at radius 2 is 2.30 bits per heavy atom. The van der Waals surface area contributed by atoms with E-state index in [1.807, 2.05) is 11.8 Å². The first-order valence-corrected chi connectivity index (χ1v) is 9.02. The van der Waals surface area contributed by atoms with E-state index in [0.29, 0.717) is 6.04 Å². The molecule has 112 valence electrons. The van der Waals surface area contributed by atoms with E-state index in [-0.39, 0.29) is 0 Å². The van der Waals surface area contributed by atoms with Gasteiger partial charge in [-0.2, -0.15) is 11.8 Å². The van der Waals surface area contributed by atoms with Crippen molar-refractivity contribution in [1.29, 1.82) is 0 Å². The van der Waals surface area contributed by atoms with Crippen LogP contribution in [0.4, 0.5) is 0 Å². The van der Waals surface area contributed by atoms with Crippen molar-refractivity contribution in [2.24, 2.45) is 5.92 Å². The Balaban J connectivity index is 1.99. The lowest BCUT2D eigenvalue weighted by Crippen LogP contribution is -2.27. The summed E-state index contributed by atoms with van der Waals surface area (Å²) in [5.41, 5.74) is 2.61. The van der Waals surface area contributed by atoms with Crippen LogP contribution < -0.4 is 5.32 Å². The van der Waals surface area contributed by atoms with Crippen LogP contribution in [0, 0.1) is 5.92 Å². The van der Waals surface area contributed by atoms with E-state index in [1.54, 1.807) is 0 Å². The zero-order valence-electron chi connectivity index (χ0n) is 13.0. The second kappa shape index (κ2) is 7.99. The van der Waals surface area contributed by atoms with Gasteiger partial charge in [-0.15, -0.1) is 0 Å².